The fraction of sp³-hybridized carbons (Fsp3) is 0.364. The highest BCUT2D eigenvalue weighted by molar-refractivity contribution is 5.95. The Bertz CT molecular complexity index is 426. The number of nitrogens with two attached hydrogens (primary N) is 2. The van der Waals surface area contributed by atoms with Crippen LogP contribution in [0.4, 0.5) is 0 Å². The van der Waals surface area contributed by atoms with Gasteiger partial charge >= 0.3 is 0 Å². The molecule has 0 aliphatic carbocycles. The van der Waals surface area contributed by atoms with Crippen LogP contribution in [0.5, 0.6) is 0 Å². The SMILES string of the molecule is CC(C)(N)CNC(=O)c1ccc(C(N)=O)cn1.Cl. The molecular formula is C11H17ClN4O2. The van der Waals surface area contributed by atoms with Crippen molar-refractivity contribution in [3.8, 4) is 0 Å². The second kappa shape index (κ2) is 6.32. The summed E-state index contributed by atoms with van der Waals surface area (Å²) >= 11 is 0. The number of hydrogen-bond donors (Lipinski definition) is 3. The summed E-state index contributed by atoms with van der Waals surface area (Å²) in [5, 5.41) is 2.64. The van der Waals surface area contributed by atoms with E-state index >= 15 is 0 Å². The van der Waals surface area contributed by atoms with Crippen LogP contribution in [0.25, 0.3) is 0 Å². The molecular weight excluding hydrogens is 256 g/mol. The Morgan fingerprint density at radius 1 is 1.39 bits per heavy atom. The lowest BCUT2D eigenvalue weighted by atomic mass is 10.1. The predicted octanol–water partition coefficient (Wildman–Crippen LogP) is 0.0694. The first-order valence-electron chi connectivity index (χ1n) is 5.12. The third kappa shape index (κ3) is 5.11. The van der Waals surface area contributed by atoms with E-state index in [1.54, 1.807) is 13.8 Å². The van der Waals surface area contributed by atoms with E-state index in [-0.39, 0.29) is 29.6 Å². The van der Waals surface area contributed by atoms with Gasteiger partial charge in [0.2, 0.25) is 5.91 Å². The monoisotopic (exact) mass is 272 g/mol. The summed E-state index contributed by atoms with van der Waals surface area (Å²) in [5.41, 5.74) is 10.8. The van der Waals surface area contributed by atoms with Crippen LogP contribution in [-0.4, -0.2) is 28.9 Å². The minimum atomic E-state index is -0.576. The van der Waals surface area contributed by atoms with Crippen molar-refractivity contribution in [2.75, 3.05) is 6.54 Å². The normalized spacial score (nSPS) is 10.4. The molecule has 0 radical (unpaired) electrons. The maximum atomic E-state index is 11.6. The second-order valence-corrected chi connectivity index (χ2v) is 4.47. The zero-order chi connectivity index (χ0) is 13.1. The molecule has 0 bridgehead atoms. The van der Waals surface area contributed by atoms with Crippen LogP contribution in [0.3, 0.4) is 0 Å². The van der Waals surface area contributed by atoms with Crippen molar-refractivity contribution in [2.24, 2.45) is 11.5 Å². The number of nitrogens with one attached hydrogen (secondary N) is 1. The van der Waals surface area contributed by atoms with Crippen molar-refractivity contribution in [2.45, 2.75) is 19.4 Å². The number of rotatable bonds is 4. The van der Waals surface area contributed by atoms with Gasteiger partial charge in [0.25, 0.3) is 5.91 Å². The molecule has 0 spiro atoms. The summed E-state index contributed by atoms with van der Waals surface area (Å²) in [7, 11) is 0. The molecule has 18 heavy (non-hydrogen) atoms. The molecule has 0 saturated heterocycles. The first-order chi connectivity index (χ1) is 7.79. The van der Waals surface area contributed by atoms with Gasteiger partial charge in [-0.05, 0) is 26.0 Å². The zero-order valence-corrected chi connectivity index (χ0v) is 11.1. The Hall–Kier alpha value is -1.66. The number of halogens is 1. The van der Waals surface area contributed by atoms with E-state index in [2.05, 4.69) is 10.3 Å². The van der Waals surface area contributed by atoms with E-state index < -0.39 is 11.4 Å². The Morgan fingerprint density at radius 3 is 2.39 bits per heavy atom. The smallest absolute Gasteiger partial charge is 0.269 e. The highest BCUT2D eigenvalue weighted by atomic mass is 35.5. The van der Waals surface area contributed by atoms with Gasteiger partial charge in [0, 0.05) is 18.3 Å². The molecule has 7 heteroatoms. The Balaban J connectivity index is 0.00000289. The lowest BCUT2D eigenvalue weighted by Gasteiger charge is -2.18. The fourth-order valence-corrected chi connectivity index (χ4v) is 1.07. The van der Waals surface area contributed by atoms with Crippen LogP contribution >= 0.6 is 12.4 Å². The van der Waals surface area contributed by atoms with Crippen molar-refractivity contribution in [1.82, 2.24) is 10.3 Å². The van der Waals surface area contributed by atoms with Crippen molar-refractivity contribution in [3.63, 3.8) is 0 Å². The van der Waals surface area contributed by atoms with Gasteiger partial charge in [-0.25, -0.2) is 0 Å². The standard InChI is InChI=1S/C11H16N4O2.ClH/c1-11(2,13)6-15-10(17)8-4-3-7(5-14-8)9(12)16;/h3-5H,6,13H2,1-2H3,(H2,12,16)(H,15,17);1H. The Morgan fingerprint density at radius 2 is 2.00 bits per heavy atom. The van der Waals surface area contributed by atoms with Crippen molar-refractivity contribution in [3.05, 3.63) is 29.6 Å². The lowest BCUT2D eigenvalue weighted by Crippen LogP contribution is -2.45. The van der Waals surface area contributed by atoms with Gasteiger partial charge in [-0.3, -0.25) is 14.6 Å². The lowest BCUT2D eigenvalue weighted by molar-refractivity contribution is 0.0938. The topological polar surface area (TPSA) is 111 Å². The number of carbonyl (C=O) groups excluding carboxylic acids is 2. The van der Waals surface area contributed by atoms with E-state index in [9.17, 15) is 9.59 Å². The van der Waals surface area contributed by atoms with E-state index in [4.69, 9.17) is 11.5 Å². The largest absolute Gasteiger partial charge is 0.366 e. The number of aromatic nitrogens is 1. The van der Waals surface area contributed by atoms with E-state index in [0.717, 1.165) is 0 Å². The van der Waals surface area contributed by atoms with Gasteiger partial charge in [-0.15, -0.1) is 12.4 Å². The van der Waals surface area contributed by atoms with Gasteiger partial charge in [-0.2, -0.15) is 0 Å². The number of pyridine rings is 1. The average Bonchev–Trinajstić information content (AvgIpc) is 2.25. The third-order valence-electron chi connectivity index (χ3n) is 1.99. The molecule has 100 valence electrons. The summed E-state index contributed by atoms with van der Waals surface area (Å²) in [4.78, 5) is 26.3. The van der Waals surface area contributed by atoms with Crippen LogP contribution in [0.1, 0.15) is 34.7 Å². The summed E-state index contributed by atoms with van der Waals surface area (Å²) < 4.78 is 0. The second-order valence-electron chi connectivity index (χ2n) is 4.47. The molecule has 0 aliphatic rings. The molecule has 0 atom stereocenters. The molecule has 0 aliphatic heterocycles. The number of amides is 2. The highest BCUT2D eigenvalue weighted by Crippen LogP contribution is 2.00. The maximum absolute atomic E-state index is 11.6. The molecule has 1 aromatic rings. The van der Waals surface area contributed by atoms with Gasteiger partial charge in [0.15, 0.2) is 0 Å². The predicted molar refractivity (Wildman–Crippen MR) is 70.6 cm³/mol. The first kappa shape index (κ1) is 16.3. The van der Waals surface area contributed by atoms with E-state index in [1.165, 1.54) is 18.3 Å². The van der Waals surface area contributed by atoms with E-state index in [0.29, 0.717) is 6.54 Å². The summed E-state index contributed by atoms with van der Waals surface area (Å²) in [6.07, 6.45) is 1.27. The summed E-state index contributed by atoms with van der Waals surface area (Å²) in [6.45, 7) is 3.94. The number of primary amides is 1. The van der Waals surface area contributed by atoms with Crippen LogP contribution in [0, 0.1) is 0 Å². The first-order valence-corrected chi connectivity index (χ1v) is 5.12. The fourth-order valence-electron chi connectivity index (χ4n) is 1.07. The Kier molecular flexibility index (Phi) is 5.74. The Labute approximate surface area is 112 Å². The summed E-state index contributed by atoms with van der Waals surface area (Å²) in [5.74, 6) is -0.910. The van der Waals surface area contributed by atoms with Crippen LogP contribution in [0.15, 0.2) is 18.3 Å². The van der Waals surface area contributed by atoms with Gasteiger partial charge in [-0.1, -0.05) is 0 Å². The average molecular weight is 273 g/mol. The van der Waals surface area contributed by atoms with Crippen LogP contribution in [-0.2, 0) is 0 Å². The number of carbonyl (C=O) groups is 2. The molecule has 0 saturated carbocycles. The van der Waals surface area contributed by atoms with Gasteiger partial charge in [0.1, 0.15) is 5.69 Å². The van der Waals surface area contributed by atoms with E-state index in [1.807, 2.05) is 0 Å². The molecule has 0 fully saturated rings. The minimum Gasteiger partial charge on any atom is -0.366 e. The minimum absolute atomic E-state index is 0. The molecule has 6 nitrogen and oxygen atoms in total. The number of hydrogen-bond acceptors (Lipinski definition) is 4. The maximum Gasteiger partial charge on any atom is 0.269 e. The van der Waals surface area contributed by atoms with Gasteiger partial charge < -0.3 is 16.8 Å². The molecule has 1 rings (SSSR count). The summed E-state index contributed by atoms with van der Waals surface area (Å²) in [6, 6.07) is 2.90. The highest BCUT2D eigenvalue weighted by Gasteiger charge is 2.14. The van der Waals surface area contributed by atoms with Crippen molar-refractivity contribution in [1.29, 1.82) is 0 Å². The molecule has 2 amide bonds. The zero-order valence-electron chi connectivity index (χ0n) is 10.3. The molecule has 0 unspecified atom stereocenters. The van der Waals surface area contributed by atoms with Crippen molar-refractivity contribution >= 4 is 24.2 Å². The van der Waals surface area contributed by atoms with Crippen molar-refractivity contribution < 1.29 is 9.59 Å². The molecule has 0 aromatic carbocycles. The van der Waals surface area contributed by atoms with Crippen LogP contribution in [0.2, 0.25) is 0 Å². The quantitative estimate of drug-likeness (QED) is 0.720. The molecule has 1 aromatic heterocycles. The van der Waals surface area contributed by atoms with Gasteiger partial charge in [0.05, 0.1) is 5.56 Å². The molecule has 1 heterocycles. The van der Waals surface area contributed by atoms with Crippen LogP contribution < -0.4 is 16.8 Å². The molecule has 5 N–H and O–H groups in total. The third-order valence-corrected chi connectivity index (χ3v) is 1.99. The number of nitrogens with zero attached hydrogens (tertiary/aromatic N) is 1.